The molecule has 0 aromatic heterocycles. The van der Waals surface area contributed by atoms with E-state index in [1.165, 1.54) is 28.1 Å². The van der Waals surface area contributed by atoms with E-state index in [9.17, 15) is 5.11 Å². The summed E-state index contributed by atoms with van der Waals surface area (Å²) < 4.78 is 0. The van der Waals surface area contributed by atoms with Crippen LogP contribution in [-0.2, 0) is 0 Å². The Kier molecular flexibility index (Phi) is 5.67. The molecule has 3 heteroatoms. The highest BCUT2D eigenvalue weighted by Gasteiger charge is 2.19. The molecule has 2 aromatic rings. The standard InChI is InChI=1S/C23H28N2O/c1-18-11-12-23(21(17-18)9-6-8-20(3)26)25-15-13-24(14-16-25)22-10-5-4-7-19(22)2/h4-12,17,26H,13-16H2,1-3H3/b9-6+,20-8-. The highest BCUT2D eigenvalue weighted by atomic mass is 16.3. The summed E-state index contributed by atoms with van der Waals surface area (Å²) in [5.41, 5.74) is 6.40. The van der Waals surface area contributed by atoms with Crippen molar-refractivity contribution in [2.24, 2.45) is 0 Å². The Morgan fingerprint density at radius 2 is 1.58 bits per heavy atom. The molecule has 1 saturated heterocycles. The van der Waals surface area contributed by atoms with Gasteiger partial charge in [-0.05, 0) is 56.2 Å². The molecule has 136 valence electrons. The van der Waals surface area contributed by atoms with Crippen molar-refractivity contribution in [2.45, 2.75) is 20.8 Å². The molecule has 0 spiro atoms. The topological polar surface area (TPSA) is 26.7 Å². The van der Waals surface area contributed by atoms with E-state index in [-0.39, 0.29) is 0 Å². The van der Waals surface area contributed by atoms with Crippen molar-refractivity contribution < 1.29 is 5.11 Å². The van der Waals surface area contributed by atoms with Crippen LogP contribution in [0.4, 0.5) is 11.4 Å². The van der Waals surface area contributed by atoms with Crippen LogP contribution < -0.4 is 9.80 Å². The normalized spacial score (nSPS) is 15.7. The smallest absolute Gasteiger partial charge is 0.0891 e. The Morgan fingerprint density at radius 1 is 0.923 bits per heavy atom. The van der Waals surface area contributed by atoms with Gasteiger partial charge in [0.1, 0.15) is 0 Å². The van der Waals surface area contributed by atoms with E-state index in [2.05, 4.69) is 72.2 Å². The summed E-state index contributed by atoms with van der Waals surface area (Å²) in [6.07, 6.45) is 5.72. The zero-order valence-electron chi connectivity index (χ0n) is 15.9. The second kappa shape index (κ2) is 8.13. The van der Waals surface area contributed by atoms with Crippen LogP contribution in [0.1, 0.15) is 23.6 Å². The van der Waals surface area contributed by atoms with Crippen molar-refractivity contribution in [3.8, 4) is 0 Å². The van der Waals surface area contributed by atoms with Crippen molar-refractivity contribution in [3.63, 3.8) is 0 Å². The minimum atomic E-state index is 0.322. The van der Waals surface area contributed by atoms with Gasteiger partial charge in [0.2, 0.25) is 0 Å². The highest BCUT2D eigenvalue weighted by Crippen LogP contribution is 2.27. The van der Waals surface area contributed by atoms with Gasteiger partial charge in [-0.1, -0.05) is 42.0 Å². The van der Waals surface area contributed by atoms with Crippen molar-refractivity contribution in [1.82, 2.24) is 0 Å². The van der Waals surface area contributed by atoms with Gasteiger partial charge in [-0.3, -0.25) is 0 Å². The number of piperazine rings is 1. The number of aryl methyl sites for hydroxylation is 2. The number of allylic oxidation sites excluding steroid dienone is 3. The predicted molar refractivity (Wildman–Crippen MR) is 112 cm³/mol. The Labute approximate surface area is 156 Å². The number of hydrogen-bond donors (Lipinski definition) is 1. The lowest BCUT2D eigenvalue weighted by Crippen LogP contribution is -2.47. The molecule has 26 heavy (non-hydrogen) atoms. The van der Waals surface area contributed by atoms with Crippen LogP contribution in [0.5, 0.6) is 0 Å². The minimum Gasteiger partial charge on any atom is -0.513 e. The fourth-order valence-electron chi connectivity index (χ4n) is 3.49. The second-order valence-corrected chi connectivity index (χ2v) is 6.99. The summed E-state index contributed by atoms with van der Waals surface area (Å²) >= 11 is 0. The molecule has 0 saturated carbocycles. The van der Waals surface area contributed by atoms with E-state index in [1.807, 2.05) is 6.08 Å². The first-order valence-corrected chi connectivity index (χ1v) is 9.25. The van der Waals surface area contributed by atoms with Crippen molar-refractivity contribution in [3.05, 3.63) is 77.1 Å². The molecular weight excluding hydrogens is 320 g/mol. The molecule has 0 bridgehead atoms. The predicted octanol–water partition coefficient (Wildman–Crippen LogP) is 5.11. The Morgan fingerprint density at radius 3 is 2.23 bits per heavy atom. The first-order valence-electron chi connectivity index (χ1n) is 9.25. The van der Waals surface area contributed by atoms with Crippen molar-refractivity contribution >= 4 is 17.5 Å². The molecule has 1 N–H and O–H groups in total. The van der Waals surface area contributed by atoms with Gasteiger partial charge < -0.3 is 14.9 Å². The van der Waals surface area contributed by atoms with E-state index in [0.29, 0.717) is 5.76 Å². The van der Waals surface area contributed by atoms with Crippen LogP contribution in [0.15, 0.2) is 60.4 Å². The summed E-state index contributed by atoms with van der Waals surface area (Å²) in [5, 5.41) is 9.36. The lowest BCUT2D eigenvalue weighted by atomic mass is 10.1. The second-order valence-electron chi connectivity index (χ2n) is 6.99. The zero-order chi connectivity index (χ0) is 18.5. The van der Waals surface area contributed by atoms with E-state index >= 15 is 0 Å². The van der Waals surface area contributed by atoms with Gasteiger partial charge in [-0.25, -0.2) is 0 Å². The van der Waals surface area contributed by atoms with Crippen molar-refractivity contribution in [1.29, 1.82) is 0 Å². The molecule has 0 aliphatic carbocycles. The molecule has 1 aliphatic heterocycles. The number of hydrogen-bond acceptors (Lipinski definition) is 3. The van der Waals surface area contributed by atoms with E-state index in [1.54, 1.807) is 13.0 Å². The van der Waals surface area contributed by atoms with Crippen LogP contribution in [0.3, 0.4) is 0 Å². The van der Waals surface area contributed by atoms with Gasteiger partial charge in [-0.2, -0.15) is 0 Å². The van der Waals surface area contributed by atoms with Crippen LogP contribution >= 0.6 is 0 Å². The SMILES string of the molecule is C/C(O)=C/C=C/c1cc(C)ccc1N1CCN(c2ccccc2C)CC1. The number of aliphatic hydroxyl groups is 1. The first-order chi connectivity index (χ1) is 12.5. The number of rotatable bonds is 4. The average Bonchev–Trinajstić information content (AvgIpc) is 2.62. The monoisotopic (exact) mass is 348 g/mol. The molecule has 0 amide bonds. The van der Waals surface area contributed by atoms with Gasteiger partial charge in [0, 0.05) is 37.6 Å². The van der Waals surface area contributed by atoms with Crippen LogP contribution in [0.25, 0.3) is 6.08 Å². The van der Waals surface area contributed by atoms with Crippen LogP contribution in [-0.4, -0.2) is 31.3 Å². The lowest BCUT2D eigenvalue weighted by Gasteiger charge is -2.38. The quantitative estimate of drug-likeness (QED) is 0.615. The third kappa shape index (κ3) is 4.29. The maximum absolute atomic E-state index is 9.36. The van der Waals surface area contributed by atoms with Gasteiger partial charge in [0.25, 0.3) is 0 Å². The average molecular weight is 348 g/mol. The highest BCUT2D eigenvalue weighted by molar-refractivity contribution is 5.70. The fourth-order valence-corrected chi connectivity index (χ4v) is 3.49. The summed E-state index contributed by atoms with van der Waals surface area (Å²) in [5.74, 6) is 0.322. The molecule has 1 fully saturated rings. The molecule has 3 rings (SSSR count). The number of aliphatic hydroxyl groups excluding tert-OH is 1. The number of anilines is 2. The fraction of sp³-hybridized carbons (Fsp3) is 0.304. The lowest BCUT2D eigenvalue weighted by molar-refractivity contribution is 0.414. The minimum absolute atomic E-state index is 0.322. The molecule has 0 atom stereocenters. The molecule has 1 heterocycles. The molecule has 1 aliphatic rings. The van der Waals surface area contributed by atoms with Crippen LogP contribution in [0, 0.1) is 13.8 Å². The Hall–Kier alpha value is -2.68. The largest absolute Gasteiger partial charge is 0.513 e. The summed E-state index contributed by atoms with van der Waals surface area (Å²) in [6, 6.07) is 15.2. The first kappa shape index (κ1) is 18.1. The van der Waals surface area contributed by atoms with Crippen molar-refractivity contribution in [2.75, 3.05) is 36.0 Å². The molecule has 0 radical (unpaired) electrons. The van der Waals surface area contributed by atoms with Gasteiger partial charge in [0.05, 0.1) is 5.76 Å². The maximum atomic E-state index is 9.36. The zero-order valence-corrected chi connectivity index (χ0v) is 15.9. The summed E-state index contributed by atoms with van der Waals surface area (Å²) in [7, 11) is 0. The Bertz CT molecular complexity index is 811. The number of para-hydroxylation sites is 1. The molecular formula is C23H28N2O. The Balaban J connectivity index is 1.76. The van der Waals surface area contributed by atoms with Gasteiger partial charge in [0.15, 0.2) is 0 Å². The van der Waals surface area contributed by atoms with E-state index < -0.39 is 0 Å². The van der Waals surface area contributed by atoms with Gasteiger partial charge in [-0.15, -0.1) is 0 Å². The summed E-state index contributed by atoms with van der Waals surface area (Å²) in [6.45, 7) is 10.0. The van der Waals surface area contributed by atoms with E-state index in [0.717, 1.165) is 26.2 Å². The third-order valence-corrected chi connectivity index (χ3v) is 4.87. The van der Waals surface area contributed by atoms with Gasteiger partial charge >= 0.3 is 0 Å². The third-order valence-electron chi connectivity index (χ3n) is 4.87. The molecule has 0 unspecified atom stereocenters. The summed E-state index contributed by atoms with van der Waals surface area (Å²) in [4.78, 5) is 4.94. The molecule has 3 nitrogen and oxygen atoms in total. The molecule has 2 aromatic carbocycles. The van der Waals surface area contributed by atoms with E-state index in [4.69, 9.17) is 0 Å². The maximum Gasteiger partial charge on any atom is 0.0891 e. The number of benzene rings is 2. The van der Waals surface area contributed by atoms with Crippen LogP contribution in [0.2, 0.25) is 0 Å². The number of nitrogens with zero attached hydrogens (tertiary/aromatic N) is 2.